The van der Waals surface area contributed by atoms with Gasteiger partial charge in [0.2, 0.25) is 0 Å². The van der Waals surface area contributed by atoms with E-state index in [1.54, 1.807) is 55.1 Å². The van der Waals surface area contributed by atoms with E-state index in [1.165, 1.54) is 10.4 Å². The van der Waals surface area contributed by atoms with Crippen LogP contribution in [0, 0.1) is 0 Å². The molecule has 6 nitrogen and oxygen atoms in total. The van der Waals surface area contributed by atoms with Gasteiger partial charge in [-0.2, -0.15) is 0 Å². The minimum Gasteiger partial charge on any atom is -0.497 e. The van der Waals surface area contributed by atoms with E-state index in [2.05, 4.69) is 23.3 Å². The number of rotatable bonds is 5. The number of hydrogen-bond donors (Lipinski definition) is 1. The fourth-order valence-corrected chi connectivity index (χ4v) is 6.37. The molecule has 0 spiro atoms. The zero-order chi connectivity index (χ0) is 22.2. The van der Waals surface area contributed by atoms with Gasteiger partial charge in [0.1, 0.15) is 21.5 Å². The molecule has 0 aliphatic carbocycles. The van der Waals surface area contributed by atoms with Crippen molar-refractivity contribution in [2.45, 2.75) is 13.0 Å². The molecule has 0 radical (unpaired) electrons. The number of methoxy groups -OCH3 is 2. The molecule has 0 saturated carbocycles. The van der Waals surface area contributed by atoms with Crippen LogP contribution in [0.25, 0.3) is 20.8 Å². The Morgan fingerprint density at radius 2 is 1.84 bits per heavy atom. The summed E-state index contributed by atoms with van der Waals surface area (Å²) in [4.78, 5) is 21.7. The van der Waals surface area contributed by atoms with Gasteiger partial charge in [0, 0.05) is 35.2 Å². The lowest BCUT2D eigenvalue weighted by Crippen LogP contribution is -2.25. The molecule has 0 saturated heterocycles. The van der Waals surface area contributed by atoms with Gasteiger partial charge in [-0.25, -0.2) is 4.98 Å². The minimum absolute atomic E-state index is 0.198. The molecule has 4 aromatic rings. The number of para-hydroxylation sites is 1. The first kappa shape index (κ1) is 20.9. The van der Waals surface area contributed by atoms with Crippen LogP contribution in [0.1, 0.15) is 20.8 Å². The fraction of sp³-hybridized carbons (Fsp3) is 0.250. The molecule has 1 aliphatic heterocycles. The first-order chi connectivity index (χ1) is 15.6. The van der Waals surface area contributed by atoms with E-state index in [0.717, 1.165) is 45.3 Å². The maximum atomic E-state index is 13.2. The third kappa shape index (κ3) is 3.85. The number of ether oxygens (including phenoxy) is 2. The first-order valence-electron chi connectivity index (χ1n) is 10.3. The van der Waals surface area contributed by atoms with Crippen molar-refractivity contribution in [2.24, 2.45) is 0 Å². The maximum absolute atomic E-state index is 13.2. The molecule has 1 N–H and O–H groups in total. The van der Waals surface area contributed by atoms with Gasteiger partial charge in [0.05, 0.1) is 24.4 Å². The van der Waals surface area contributed by atoms with Crippen molar-refractivity contribution < 1.29 is 14.3 Å². The van der Waals surface area contributed by atoms with Crippen LogP contribution in [-0.2, 0) is 13.0 Å². The second-order valence-electron chi connectivity index (χ2n) is 7.74. The lowest BCUT2D eigenvalue weighted by atomic mass is 10.0. The summed E-state index contributed by atoms with van der Waals surface area (Å²) in [6.45, 7) is 1.86. The fourth-order valence-electron chi connectivity index (χ4n) is 3.94. The average Bonchev–Trinajstić information content (AvgIpc) is 3.38. The Labute approximate surface area is 194 Å². The lowest BCUT2D eigenvalue weighted by Gasteiger charge is -2.22. The number of amides is 1. The molecule has 5 rings (SSSR count). The smallest absolute Gasteiger partial charge is 0.256 e. The van der Waals surface area contributed by atoms with Crippen molar-refractivity contribution in [1.82, 2.24) is 9.88 Å². The van der Waals surface area contributed by atoms with Gasteiger partial charge in [0.15, 0.2) is 0 Å². The Morgan fingerprint density at radius 3 is 2.56 bits per heavy atom. The normalized spacial score (nSPS) is 13.7. The number of likely N-dealkylation sites (N-methyl/N-ethyl adjacent to an activating group) is 1. The number of hydrogen-bond acceptors (Lipinski definition) is 7. The van der Waals surface area contributed by atoms with E-state index in [9.17, 15) is 4.79 Å². The SMILES string of the molecule is COc1cc(OC)cc(C(=O)Nc2sc3c(c2-c2nc4ccccc4s2)CCN(C)C3)c1. The number of anilines is 1. The minimum atomic E-state index is -0.198. The summed E-state index contributed by atoms with van der Waals surface area (Å²) in [6.07, 6.45) is 0.941. The highest BCUT2D eigenvalue weighted by molar-refractivity contribution is 7.23. The molecule has 8 heteroatoms. The van der Waals surface area contributed by atoms with E-state index in [-0.39, 0.29) is 5.91 Å². The van der Waals surface area contributed by atoms with Gasteiger partial charge >= 0.3 is 0 Å². The quantitative estimate of drug-likeness (QED) is 0.434. The van der Waals surface area contributed by atoms with E-state index >= 15 is 0 Å². The van der Waals surface area contributed by atoms with Crippen LogP contribution in [0.15, 0.2) is 42.5 Å². The van der Waals surface area contributed by atoms with Crippen molar-refractivity contribution in [2.75, 3.05) is 33.1 Å². The zero-order valence-electron chi connectivity index (χ0n) is 18.1. The van der Waals surface area contributed by atoms with Crippen LogP contribution in [0.5, 0.6) is 11.5 Å². The van der Waals surface area contributed by atoms with E-state index in [0.29, 0.717) is 17.1 Å². The zero-order valence-corrected chi connectivity index (χ0v) is 19.7. The number of nitrogens with one attached hydrogen (secondary N) is 1. The van der Waals surface area contributed by atoms with Crippen LogP contribution < -0.4 is 14.8 Å². The third-order valence-corrected chi connectivity index (χ3v) is 7.78. The summed E-state index contributed by atoms with van der Waals surface area (Å²) in [5.41, 5.74) is 3.82. The van der Waals surface area contributed by atoms with Crippen molar-refractivity contribution in [3.63, 3.8) is 0 Å². The Bertz CT molecular complexity index is 1260. The van der Waals surface area contributed by atoms with Gasteiger partial charge < -0.3 is 19.7 Å². The average molecular weight is 466 g/mol. The summed E-state index contributed by atoms with van der Waals surface area (Å²) < 4.78 is 11.8. The molecule has 3 heterocycles. The van der Waals surface area contributed by atoms with E-state index in [1.807, 2.05) is 18.2 Å². The maximum Gasteiger partial charge on any atom is 0.256 e. The number of carbonyl (C=O) groups is 1. The highest BCUT2D eigenvalue weighted by Gasteiger charge is 2.27. The second kappa shape index (κ2) is 8.54. The van der Waals surface area contributed by atoms with Crippen LogP contribution >= 0.6 is 22.7 Å². The number of aromatic nitrogens is 1. The predicted molar refractivity (Wildman–Crippen MR) is 130 cm³/mol. The summed E-state index contributed by atoms with van der Waals surface area (Å²) in [5, 5.41) is 4.96. The van der Waals surface area contributed by atoms with Crippen LogP contribution in [0.4, 0.5) is 5.00 Å². The van der Waals surface area contributed by atoms with E-state index < -0.39 is 0 Å². The number of thiophene rings is 1. The topological polar surface area (TPSA) is 63.7 Å². The number of nitrogens with zero attached hydrogens (tertiary/aromatic N) is 2. The molecule has 164 valence electrons. The van der Waals surface area contributed by atoms with Gasteiger partial charge in [-0.15, -0.1) is 22.7 Å². The van der Waals surface area contributed by atoms with Gasteiger partial charge in [-0.3, -0.25) is 4.79 Å². The van der Waals surface area contributed by atoms with Gasteiger partial charge in [-0.1, -0.05) is 12.1 Å². The standard InChI is InChI=1S/C24H23N3O3S2/c1-27-9-8-17-20(13-27)32-24(21(17)23-25-18-6-4-5-7-19(18)31-23)26-22(28)14-10-15(29-2)12-16(11-14)30-3/h4-7,10-12H,8-9,13H2,1-3H3,(H,26,28). The summed E-state index contributed by atoms with van der Waals surface area (Å²) in [7, 11) is 5.28. The predicted octanol–water partition coefficient (Wildman–Crippen LogP) is 5.28. The molecule has 1 aliphatic rings. The molecule has 2 aromatic carbocycles. The van der Waals surface area contributed by atoms with Crippen LogP contribution in [0.2, 0.25) is 0 Å². The van der Waals surface area contributed by atoms with Crippen LogP contribution in [0.3, 0.4) is 0 Å². The van der Waals surface area contributed by atoms with Crippen molar-refractivity contribution in [3.8, 4) is 22.1 Å². The number of benzene rings is 2. The lowest BCUT2D eigenvalue weighted by molar-refractivity contribution is 0.102. The Kier molecular flexibility index (Phi) is 5.58. The molecule has 0 unspecified atom stereocenters. The summed E-state index contributed by atoms with van der Waals surface area (Å²) in [5.74, 6) is 0.956. The van der Waals surface area contributed by atoms with Crippen molar-refractivity contribution in [1.29, 1.82) is 0 Å². The van der Waals surface area contributed by atoms with Gasteiger partial charge in [0.25, 0.3) is 5.91 Å². The third-order valence-electron chi connectivity index (χ3n) is 5.60. The summed E-state index contributed by atoms with van der Waals surface area (Å²) >= 11 is 3.31. The Hall–Kier alpha value is -2.94. The molecular weight excluding hydrogens is 442 g/mol. The molecule has 2 aromatic heterocycles. The second-order valence-corrected chi connectivity index (χ2v) is 9.87. The molecule has 1 amide bonds. The molecule has 0 fully saturated rings. The van der Waals surface area contributed by atoms with Crippen molar-refractivity contribution in [3.05, 3.63) is 58.5 Å². The van der Waals surface area contributed by atoms with Crippen molar-refractivity contribution >= 4 is 43.8 Å². The van der Waals surface area contributed by atoms with Gasteiger partial charge in [-0.05, 0) is 43.3 Å². The van der Waals surface area contributed by atoms with E-state index in [4.69, 9.17) is 14.5 Å². The monoisotopic (exact) mass is 465 g/mol. The molecule has 32 heavy (non-hydrogen) atoms. The molecular formula is C24H23N3O3S2. The highest BCUT2D eigenvalue weighted by Crippen LogP contribution is 2.45. The molecule has 0 bridgehead atoms. The Morgan fingerprint density at radius 1 is 1.09 bits per heavy atom. The summed E-state index contributed by atoms with van der Waals surface area (Å²) in [6, 6.07) is 13.3. The Balaban J connectivity index is 1.57. The number of carbonyl (C=O) groups excluding carboxylic acids is 1. The highest BCUT2D eigenvalue weighted by atomic mass is 32.1. The largest absolute Gasteiger partial charge is 0.497 e. The number of thiazole rings is 1. The molecule has 0 atom stereocenters. The number of fused-ring (bicyclic) bond motifs is 2. The van der Waals surface area contributed by atoms with Crippen LogP contribution in [-0.4, -0.2) is 43.6 Å². The first-order valence-corrected chi connectivity index (χ1v) is 11.9.